The molecule has 0 aliphatic heterocycles. The smallest absolute Gasteiger partial charge is 0.0249 e. The fourth-order valence-corrected chi connectivity index (χ4v) is 6.60. The number of aryl methyl sites for hydroxylation is 1. The molecule has 0 unspecified atom stereocenters. The van der Waals surface area contributed by atoms with Crippen LogP contribution in [0.5, 0.6) is 0 Å². The van der Waals surface area contributed by atoms with E-state index in [-0.39, 0.29) is 0 Å². The maximum absolute atomic E-state index is 3.37. The Morgan fingerprint density at radius 1 is 0.676 bits per heavy atom. The second-order valence-corrected chi connectivity index (χ2v) is 11.9. The molecule has 2 aromatic carbocycles. The summed E-state index contributed by atoms with van der Waals surface area (Å²) in [6.45, 7) is 4.58. The lowest BCUT2D eigenvalue weighted by atomic mass is 9.77. The van der Waals surface area contributed by atoms with Crippen molar-refractivity contribution in [2.45, 2.75) is 122 Å². The molecule has 0 atom stereocenters. The Balaban J connectivity index is 1.18. The van der Waals surface area contributed by atoms with Gasteiger partial charge in [0.25, 0.3) is 0 Å². The van der Waals surface area contributed by atoms with Gasteiger partial charge in [0.15, 0.2) is 0 Å². The van der Waals surface area contributed by atoms with Gasteiger partial charge in [-0.25, -0.2) is 0 Å². The Morgan fingerprint density at radius 3 is 1.89 bits per heavy atom. The Bertz CT molecular complexity index is 981. The van der Waals surface area contributed by atoms with E-state index < -0.39 is 0 Å². The molecule has 0 amide bonds. The number of rotatable bonds is 10. The van der Waals surface area contributed by atoms with Crippen LogP contribution in [-0.4, -0.2) is 0 Å². The summed E-state index contributed by atoms with van der Waals surface area (Å²) in [5, 5.41) is 0. The Kier molecular flexibility index (Phi) is 11.4. The quantitative estimate of drug-likeness (QED) is 0.227. The third-order valence-corrected chi connectivity index (χ3v) is 9.15. The van der Waals surface area contributed by atoms with Gasteiger partial charge in [-0.3, -0.25) is 0 Å². The van der Waals surface area contributed by atoms with Crippen molar-refractivity contribution < 1.29 is 0 Å². The van der Waals surface area contributed by atoms with E-state index in [9.17, 15) is 0 Å². The van der Waals surface area contributed by atoms with Crippen LogP contribution >= 0.6 is 0 Å². The molecule has 4 rings (SSSR count). The summed E-state index contributed by atoms with van der Waals surface area (Å²) in [5.41, 5.74) is 5.72. The third-order valence-electron chi connectivity index (χ3n) is 9.15. The van der Waals surface area contributed by atoms with E-state index in [1.165, 1.54) is 107 Å². The molecule has 0 radical (unpaired) electrons. The standard InChI is InChI=1S/C37H50/c1-3-5-7-11-31-16-24-35(25-17-31)37-28-20-33(21-29-37)13-9-8-12-32-18-26-36(27-19-32)34-22-14-30(15-23-34)10-6-4-2/h8,12,14-15,20-23,28-29,31-32,35-36H,3-7,10-11,16-19,24-27H2,1-2H3. The first-order valence-corrected chi connectivity index (χ1v) is 15.6. The molecule has 2 aromatic rings. The van der Waals surface area contributed by atoms with Gasteiger partial charge < -0.3 is 0 Å². The first-order chi connectivity index (χ1) is 18.2. The first kappa shape index (κ1) is 27.8. The van der Waals surface area contributed by atoms with Crippen LogP contribution in [0, 0.1) is 23.7 Å². The van der Waals surface area contributed by atoms with Crippen molar-refractivity contribution >= 4 is 0 Å². The maximum atomic E-state index is 3.37. The zero-order chi connectivity index (χ0) is 25.7. The Labute approximate surface area is 228 Å². The Hall–Kier alpha value is -2.26. The fourth-order valence-electron chi connectivity index (χ4n) is 6.60. The number of benzene rings is 2. The molecule has 2 aliphatic carbocycles. The van der Waals surface area contributed by atoms with Gasteiger partial charge in [0.05, 0.1) is 0 Å². The van der Waals surface area contributed by atoms with Crippen LogP contribution in [-0.2, 0) is 6.42 Å². The van der Waals surface area contributed by atoms with Crippen molar-refractivity contribution in [3.05, 3.63) is 82.9 Å². The molecular formula is C37H50. The zero-order valence-corrected chi connectivity index (χ0v) is 23.7. The molecule has 2 fully saturated rings. The van der Waals surface area contributed by atoms with Crippen LogP contribution in [0.25, 0.3) is 0 Å². The lowest BCUT2D eigenvalue weighted by molar-refractivity contribution is 0.303. The normalized spacial score (nSPS) is 24.1. The average Bonchev–Trinajstić information content (AvgIpc) is 2.96. The SMILES string of the molecule is CCCCCC1CCC(c2ccc(C#CC=CC3CCC(c4ccc(CCCC)cc4)CC3)cc2)CC1. The van der Waals surface area contributed by atoms with E-state index in [1.807, 2.05) is 0 Å². The molecule has 2 saturated carbocycles. The second-order valence-electron chi connectivity index (χ2n) is 11.9. The van der Waals surface area contributed by atoms with E-state index in [0.717, 1.165) is 23.3 Å². The van der Waals surface area contributed by atoms with Crippen LogP contribution in [0.4, 0.5) is 0 Å². The minimum Gasteiger partial charge on any atom is -0.0730 e. The van der Waals surface area contributed by atoms with Crippen LogP contribution in [0.1, 0.15) is 138 Å². The lowest BCUT2D eigenvalue weighted by Crippen LogP contribution is -2.13. The summed E-state index contributed by atoms with van der Waals surface area (Å²) in [4.78, 5) is 0. The predicted molar refractivity (Wildman–Crippen MR) is 161 cm³/mol. The van der Waals surface area contributed by atoms with Crippen molar-refractivity contribution in [2.24, 2.45) is 11.8 Å². The number of hydrogen-bond donors (Lipinski definition) is 0. The second kappa shape index (κ2) is 15.2. The van der Waals surface area contributed by atoms with Crippen molar-refractivity contribution in [2.75, 3.05) is 0 Å². The van der Waals surface area contributed by atoms with E-state index in [1.54, 1.807) is 5.56 Å². The summed E-state index contributed by atoms with van der Waals surface area (Å²) in [7, 11) is 0. The van der Waals surface area contributed by atoms with Crippen molar-refractivity contribution in [1.29, 1.82) is 0 Å². The van der Waals surface area contributed by atoms with E-state index >= 15 is 0 Å². The minimum atomic E-state index is 0.689. The van der Waals surface area contributed by atoms with Crippen molar-refractivity contribution in [3.8, 4) is 11.8 Å². The summed E-state index contributed by atoms with van der Waals surface area (Å²) < 4.78 is 0. The van der Waals surface area contributed by atoms with E-state index in [2.05, 4.69) is 86.4 Å². The van der Waals surface area contributed by atoms with Crippen molar-refractivity contribution in [1.82, 2.24) is 0 Å². The highest BCUT2D eigenvalue weighted by Crippen LogP contribution is 2.38. The highest BCUT2D eigenvalue weighted by molar-refractivity contribution is 5.39. The number of unbranched alkanes of at least 4 members (excludes halogenated alkanes) is 3. The van der Waals surface area contributed by atoms with E-state index in [0.29, 0.717) is 5.92 Å². The summed E-state index contributed by atoms with van der Waals surface area (Å²) in [6.07, 6.45) is 24.7. The van der Waals surface area contributed by atoms with Crippen LogP contribution in [0.2, 0.25) is 0 Å². The van der Waals surface area contributed by atoms with Gasteiger partial charge in [0.1, 0.15) is 0 Å². The topological polar surface area (TPSA) is 0 Å². The molecule has 198 valence electrons. The van der Waals surface area contributed by atoms with Crippen molar-refractivity contribution in [3.63, 3.8) is 0 Å². The molecule has 0 aromatic heterocycles. The molecule has 0 bridgehead atoms. The first-order valence-electron chi connectivity index (χ1n) is 15.6. The molecule has 37 heavy (non-hydrogen) atoms. The minimum absolute atomic E-state index is 0.689. The third kappa shape index (κ3) is 8.92. The Morgan fingerprint density at radius 2 is 1.27 bits per heavy atom. The van der Waals surface area contributed by atoms with Gasteiger partial charge in [-0.05, 0) is 123 Å². The van der Waals surface area contributed by atoms with Gasteiger partial charge in [-0.2, -0.15) is 0 Å². The fraction of sp³-hybridized carbons (Fsp3) is 0.568. The molecule has 0 N–H and O–H groups in total. The van der Waals surface area contributed by atoms with E-state index in [4.69, 9.17) is 0 Å². The summed E-state index contributed by atoms with van der Waals surface area (Å²) in [5.74, 6) is 9.86. The van der Waals surface area contributed by atoms with Gasteiger partial charge in [-0.15, -0.1) is 0 Å². The van der Waals surface area contributed by atoms with Crippen LogP contribution in [0.15, 0.2) is 60.7 Å². The number of hydrogen-bond acceptors (Lipinski definition) is 0. The zero-order valence-electron chi connectivity index (χ0n) is 23.7. The van der Waals surface area contributed by atoms with Gasteiger partial charge in [0.2, 0.25) is 0 Å². The maximum Gasteiger partial charge on any atom is 0.0249 e. The van der Waals surface area contributed by atoms with Crippen LogP contribution in [0.3, 0.4) is 0 Å². The molecule has 0 nitrogen and oxygen atoms in total. The lowest BCUT2D eigenvalue weighted by Gasteiger charge is -2.29. The molecule has 0 spiro atoms. The van der Waals surface area contributed by atoms with Crippen LogP contribution < -0.4 is 0 Å². The molecule has 2 aliphatic rings. The van der Waals surface area contributed by atoms with Gasteiger partial charge in [0, 0.05) is 5.56 Å². The van der Waals surface area contributed by atoms with Gasteiger partial charge in [-0.1, -0.05) is 100 Å². The average molecular weight is 495 g/mol. The summed E-state index contributed by atoms with van der Waals surface area (Å²) in [6, 6.07) is 18.7. The highest BCUT2D eigenvalue weighted by Gasteiger charge is 2.22. The molecular weight excluding hydrogens is 444 g/mol. The molecule has 0 saturated heterocycles. The summed E-state index contributed by atoms with van der Waals surface area (Å²) >= 11 is 0. The molecule has 0 heteroatoms. The largest absolute Gasteiger partial charge is 0.0730 e. The number of allylic oxidation sites excluding steroid dienone is 2. The molecule has 0 heterocycles. The van der Waals surface area contributed by atoms with Gasteiger partial charge >= 0.3 is 0 Å². The predicted octanol–water partition coefficient (Wildman–Crippen LogP) is 10.8. The monoisotopic (exact) mass is 494 g/mol. The highest BCUT2D eigenvalue weighted by atomic mass is 14.3.